The fourth-order valence-corrected chi connectivity index (χ4v) is 1.77. The second-order valence-corrected chi connectivity index (χ2v) is 4.19. The van der Waals surface area contributed by atoms with E-state index in [1.165, 1.54) is 0 Å². The molecule has 16 heavy (non-hydrogen) atoms. The van der Waals surface area contributed by atoms with E-state index in [4.69, 9.17) is 0 Å². The Balaban J connectivity index is 2.40. The molecule has 1 aliphatic heterocycles. The molecule has 0 radical (unpaired) electrons. The first-order valence-corrected chi connectivity index (χ1v) is 5.81. The van der Waals surface area contributed by atoms with Crippen molar-refractivity contribution < 1.29 is 9.59 Å². The zero-order valence-electron chi connectivity index (χ0n) is 10.2. The number of carbonyl (C=O) groups is 2. The normalized spacial score (nSPS) is 17.5. The molecule has 0 aromatic carbocycles. The first kappa shape index (κ1) is 13.0. The average molecular weight is 227 g/mol. The van der Waals surface area contributed by atoms with Gasteiger partial charge in [-0.1, -0.05) is 0 Å². The third-order valence-corrected chi connectivity index (χ3v) is 2.84. The van der Waals surface area contributed by atoms with Crippen LogP contribution in [0.5, 0.6) is 0 Å². The van der Waals surface area contributed by atoms with Crippen molar-refractivity contribution in [1.29, 1.82) is 0 Å². The van der Waals surface area contributed by atoms with Crippen molar-refractivity contribution in [3.05, 3.63) is 0 Å². The van der Waals surface area contributed by atoms with Gasteiger partial charge in [0, 0.05) is 26.6 Å². The summed E-state index contributed by atoms with van der Waals surface area (Å²) in [5.41, 5.74) is 0. The summed E-state index contributed by atoms with van der Waals surface area (Å²) in [6, 6.07) is 0. The number of hydrogen-bond acceptors (Lipinski definition) is 3. The van der Waals surface area contributed by atoms with E-state index in [0.717, 1.165) is 25.9 Å². The smallest absolute Gasteiger partial charge is 0.241 e. The number of carbonyl (C=O) groups excluding carboxylic acids is 2. The number of likely N-dealkylation sites (N-methyl/N-ethyl adjacent to an activating group) is 1. The van der Waals surface area contributed by atoms with Crippen molar-refractivity contribution in [3.63, 3.8) is 0 Å². The van der Waals surface area contributed by atoms with Gasteiger partial charge in [0.15, 0.2) is 0 Å². The molecule has 1 N–H and O–H groups in total. The minimum atomic E-state index is 0.0412. The molecule has 0 unspecified atom stereocenters. The highest BCUT2D eigenvalue weighted by molar-refractivity contribution is 5.85. The molecule has 5 nitrogen and oxygen atoms in total. The first-order valence-electron chi connectivity index (χ1n) is 5.81. The highest BCUT2D eigenvalue weighted by Crippen LogP contribution is 2.05. The fraction of sp³-hybridized carbons (Fsp3) is 0.818. The summed E-state index contributed by atoms with van der Waals surface area (Å²) in [5, 5.41) is 3.01. The van der Waals surface area contributed by atoms with Crippen molar-refractivity contribution >= 4 is 11.8 Å². The minimum Gasteiger partial charge on any atom is -0.344 e. The molecule has 5 heteroatoms. The molecule has 1 fully saturated rings. The van der Waals surface area contributed by atoms with E-state index in [1.54, 1.807) is 16.8 Å². The second-order valence-electron chi connectivity index (χ2n) is 4.19. The molecule has 1 heterocycles. The Hall–Kier alpha value is -1.10. The predicted octanol–water partition coefficient (Wildman–Crippen LogP) is -0.323. The maximum atomic E-state index is 11.8. The number of nitrogens with zero attached hydrogens (tertiary/aromatic N) is 2. The van der Waals surface area contributed by atoms with Crippen LogP contribution in [0.3, 0.4) is 0 Å². The molecule has 2 amide bonds. The molecule has 0 aliphatic carbocycles. The monoisotopic (exact) mass is 227 g/mol. The summed E-state index contributed by atoms with van der Waals surface area (Å²) in [5.74, 6) is 0.137. The maximum Gasteiger partial charge on any atom is 0.241 e. The van der Waals surface area contributed by atoms with Gasteiger partial charge >= 0.3 is 0 Å². The highest BCUT2D eigenvalue weighted by atomic mass is 16.2. The minimum absolute atomic E-state index is 0.0412. The zero-order chi connectivity index (χ0) is 12.0. The third kappa shape index (κ3) is 3.81. The van der Waals surface area contributed by atoms with Gasteiger partial charge in [0.2, 0.25) is 11.8 Å². The molecule has 92 valence electrons. The standard InChI is InChI=1S/C11H21N3O2/c1-12-6-3-5-10(15)14-8-4-7-13(2)11(16)9-14/h12H,3-9H2,1-2H3. The lowest BCUT2D eigenvalue weighted by atomic mass is 10.2. The van der Waals surface area contributed by atoms with Crippen LogP contribution in [0, 0.1) is 0 Å². The quantitative estimate of drug-likeness (QED) is 0.670. The molecule has 0 bridgehead atoms. The van der Waals surface area contributed by atoms with Gasteiger partial charge in [-0.05, 0) is 26.4 Å². The van der Waals surface area contributed by atoms with Crippen LogP contribution in [0.4, 0.5) is 0 Å². The van der Waals surface area contributed by atoms with Crippen LogP contribution in [0.25, 0.3) is 0 Å². The van der Waals surface area contributed by atoms with Crippen LogP contribution in [-0.4, -0.2) is 61.9 Å². The summed E-state index contributed by atoms with van der Waals surface area (Å²) in [4.78, 5) is 26.8. The van der Waals surface area contributed by atoms with Crippen molar-refractivity contribution in [2.75, 3.05) is 40.3 Å². The Labute approximate surface area is 96.8 Å². The maximum absolute atomic E-state index is 11.8. The van der Waals surface area contributed by atoms with Crippen molar-refractivity contribution in [2.24, 2.45) is 0 Å². The summed E-state index contributed by atoms with van der Waals surface area (Å²) in [7, 11) is 3.66. The summed E-state index contributed by atoms with van der Waals surface area (Å²) in [6.07, 6.45) is 2.23. The summed E-state index contributed by atoms with van der Waals surface area (Å²) in [6.45, 7) is 2.54. The van der Waals surface area contributed by atoms with E-state index in [0.29, 0.717) is 13.0 Å². The zero-order valence-corrected chi connectivity index (χ0v) is 10.2. The number of amides is 2. The van der Waals surface area contributed by atoms with E-state index >= 15 is 0 Å². The van der Waals surface area contributed by atoms with Gasteiger partial charge in [-0.3, -0.25) is 9.59 Å². The van der Waals surface area contributed by atoms with Gasteiger partial charge in [-0.15, -0.1) is 0 Å². The summed E-state index contributed by atoms with van der Waals surface area (Å²) < 4.78 is 0. The van der Waals surface area contributed by atoms with Gasteiger partial charge in [-0.25, -0.2) is 0 Å². The Morgan fingerprint density at radius 1 is 1.44 bits per heavy atom. The van der Waals surface area contributed by atoms with Gasteiger partial charge in [0.25, 0.3) is 0 Å². The largest absolute Gasteiger partial charge is 0.344 e. The Morgan fingerprint density at radius 2 is 2.19 bits per heavy atom. The van der Waals surface area contributed by atoms with E-state index in [2.05, 4.69) is 5.32 Å². The molecule has 1 rings (SSSR count). The van der Waals surface area contributed by atoms with Gasteiger partial charge in [0.1, 0.15) is 0 Å². The van der Waals surface area contributed by atoms with Crippen LogP contribution < -0.4 is 5.32 Å². The second kappa shape index (κ2) is 6.48. The molecular weight excluding hydrogens is 206 g/mol. The Kier molecular flexibility index (Phi) is 5.25. The van der Waals surface area contributed by atoms with Crippen LogP contribution in [-0.2, 0) is 9.59 Å². The van der Waals surface area contributed by atoms with E-state index < -0.39 is 0 Å². The lowest BCUT2D eigenvalue weighted by Crippen LogP contribution is -2.38. The number of hydrogen-bond donors (Lipinski definition) is 1. The lowest BCUT2D eigenvalue weighted by molar-refractivity contribution is -0.138. The van der Waals surface area contributed by atoms with E-state index in [9.17, 15) is 9.59 Å². The van der Waals surface area contributed by atoms with Gasteiger partial charge in [0.05, 0.1) is 6.54 Å². The molecule has 1 saturated heterocycles. The molecule has 0 atom stereocenters. The first-order chi connectivity index (χ1) is 7.65. The number of nitrogens with one attached hydrogen (secondary N) is 1. The third-order valence-electron chi connectivity index (χ3n) is 2.84. The van der Waals surface area contributed by atoms with Crippen molar-refractivity contribution in [2.45, 2.75) is 19.3 Å². The number of rotatable bonds is 4. The van der Waals surface area contributed by atoms with Gasteiger partial charge in [-0.2, -0.15) is 0 Å². The average Bonchev–Trinajstić information content (AvgIpc) is 2.42. The van der Waals surface area contributed by atoms with Crippen LogP contribution in [0.1, 0.15) is 19.3 Å². The Morgan fingerprint density at radius 3 is 2.88 bits per heavy atom. The molecule has 0 spiro atoms. The van der Waals surface area contributed by atoms with Crippen molar-refractivity contribution in [3.8, 4) is 0 Å². The molecule has 0 saturated carbocycles. The summed E-state index contributed by atoms with van der Waals surface area (Å²) >= 11 is 0. The van der Waals surface area contributed by atoms with Crippen LogP contribution in [0.15, 0.2) is 0 Å². The highest BCUT2D eigenvalue weighted by Gasteiger charge is 2.21. The van der Waals surface area contributed by atoms with Gasteiger partial charge < -0.3 is 15.1 Å². The SMILES string of the molecule is CNCCCC(=O)N1CCCN(C)C(=O)C1. The molecule has 0 aromatic rings. The topological polar surface area (TPSA) is 52.7 Å². The molecule has 1 aliphatic rings. The lowest BCUT2D eigenvalue weighted by Gasteiger charge is -2.19. The van der Waals surface area contributed by atoms with Crippen LogP contribution in [0.2, 0.25) is 0 Å². The van der Waals surface area contributed by atoms with E-state index in [-0.39, 0.29) is 18.4 Å². The fourth-order valence-electron chi connectivity index (χ4n) is 1.77. The van der Waals surface area contributed by atoms with E-state index in [1.807, 2.05) is 7.05 Å². The van der Waals surface area contributed by atoms with Crippen molar-refractivity contribution in [1.82, 2.24) is 15.1 Å². The Bertz CT molecular complexity index is 256. The predicted molar refractivity (Wildman–Crippen MR) is 62.0 cm³/mol. The van der Waals surface area contributed by atoms with Crippen LogP contribution >= 0.6 is 0 Å². The molecule has 0 aromatic heterocycles. The molecular formula is C11H21N3O2.